The summed E-state index contributed by atoms with van der Waals surface area (Å²) >= 11 is 0. The SMILES string of the molecule is C1C2CC3CC1CC(C2)C3.OCCNCCO. The van der Waals surface area contributed by atoms with Crippen molar-refractivity contribution in [2.24, 2.45) is 23.7 Å². The van der Waals surface area contributed by atoms with Crippen molar-refractivity contribution >= 4 is 0 Å². The van der Waals surface area contributed by atoms with Gasteiger partial charge in [0, 0.05) is 13.1 Å². The monoisotopic (exact) mass is 241 g/mol. The average molecular weight is 241 g/mol. The molecular weight excluding hydrogens is 214 g/mol. The van der Waals surface area contributed by atoms with Gasteiger partial charge in [-0.1, -0.05) is 0 Å². The summed E-state index contributed by atoms with van der Waals surface area (Å²) in [7, 11) is 0. The molecule has 0 radical (unpaired) electrons. The molecule has 0 unspecified atom stereocenters. The van der Waals surface area contributed by atoms with E-state index in [1.807, 2.05) is 0 Å². The Hall–Kier alpha value is -0.120. The molecule has 4 fully saturated rings. The Balaban J connectivity index is 0.000000139. The van der Waals surface area contributed by atoms with E-state index >= 15 is 0 Å². The second kappa shape index (κ2) is 6.72. The molecule has 4 rings (SSSR count). The predicted molar refractivity (Wildman–Crippen MR) is 68.7 cm³/mol. The van der Waals surface area contributed by atoms with Gasteiger partial charge in [-0.2, -0.15) is 0 Å². The van der Waals surface area contributed by atoms with Crippen LogP contribution in [-0.4, -0.2) is 36.5 Å². The fourth-order valence-electron chi connectivity index (χ4n) is 4.27. The van der Waals surface area contributed by atoms with Crippen LogP contribution in [0.5, 0.6) is 0 Å². The molecule has 4 aliphatic rings. The normalized spacial score (nSPS) is 37.8. The Morgan fingerprint density at radius 3 is 1.18 bits per heavy atom. The lowest BCUT2D eigenvalue weighted by atomic mass is 9.56. The molecule has 0 aromatic heterocycles. The standard InChI is InChI=1S/C10H16.C4H11NO2/c1-7-2-9-4-8(1)5-10(3-7)6-9;6-3-1-5-2-4-7/h7-10H,1-6H2;5-7H,1-4H2. The minimum absolute atomic E-state index is 0.139. The van der Waals surface area contributed by atoms with Gasteiger partial charge in [0.05, 0.1) is 13.2 Å². The van der Waals surface area contributed by atoms with Crippen molar-refractivity contribution in [2.45, 2.75) is 38.5 Å². The van der Waals surface area contributed by atoms with Crippen molar-refractivity contribution in [3.63, 3.8) is 0 Å². The molecule has 4 aliphatic carbocycles. The van der Waals surface area contributed by atoms with E-state index in [0.717, 1.165) is 0 Å². The molecule has 0 aromatic rings. The molecule has 3 nitrogen and oxygen atoms in total. The first kappa shape index (κ1) is 13.3. The first-order chi connectivity index (χ1) is 8.31. The molecule has 0 saturated heterocycles. The maximum atomic E-state index is 8.15. The van der Waals surface area contributed by atoms with Gasteiger partial charge in [0.2, 0.25) is 0 Å². The topological polar surface area (TPSA) is 52.5 Å². The lowest BCUT2D eigenvalue weighted by molar-refractivity contribution is 0.0198. The molecule has 0 amide bonds. The zero-order chi connectivity index (χ0) is 12.1. The summed E-state index contributed by atoms with van der Waals surface area (Å²) in [5.41, 5.74) is 0. The summed E-state index contributed by atoms with van der Waals surface area (Å²) in [6.07, 6.45) is 9.62. The second-order valence-corrected chi connectivity index (χ2v) is 6.08. The number of hydrogen-bond donors (Lipinski definition) is 3. The summed E-state index contributed by atoms with van der Waals surface area (Å²) in [5.74, 6) is 4.71. The quantitative estimate of drug-likeness (QED) is 0.652. The van der Waals surface area contributed by atoms with Crippen molar-refractivity contribution in [2.75, 3.05) is 26.3 Å². The van der Waals surface area contributed by atoms with Crippen molar-refractivity contribution in [3.05, 3.63) is 0 Å². The van der Waals surface area contributed by atoms with Crippen LogP contribution in [0.2, 0.25) is 0 Å². The number of aliphatic hydroxyl groups excluding tert-OH is 2. The first-order valence-electron chi connectivity index (χ1n) is 7.24. The molecule has 3 N–H and O–H groups in total. The Kier molecular flexibility index (Phi) is 5.26. The summed E-state index contributed by atoms with van der Waals surface area (Å²) in [4.78, 5) is 0. The highest BCUT2D eigenvalue weighted by Crippen LogP contribution is 2.53. The highest BCUT2D eigenvalue weighted by molar-refractivity contribution is 4.92. The van der Waals surface area contributed by atoms with Crippen LogP contribution in [0, 0.1) is 23.7 Å². The number of rotatable bonds is 4. The van der Waals surface area contributed by atoms with E-state index in [2.05, 4.69) is 5.32 Å². The molecule has 0 heterocycles. The third-order valence-corrected chi connectivity index (χ3v) is 4.58. The molecule has 0 aliphatic heterocycles. The Labute approximate surface area is 105 Å². The first-order valence-corrected chi connectivity index (χ1v) is 7.24. The minimum atomic E-state index is 0.139. The van der Waals surface area contributed by atoms with Gasteiger partial charge >= 0.3 is 0 Å². The molecule has 0 spiro atoms. The largest absolute Gasteiger partial charge is 0.395 e. The maximum absolute atomic E-state index is 8.15. The molecule has 0 aromatic carbocycles. The van der Waals surface area contributed by atoms with E-state index < -0.39 is 0 Å². The van der Waals surface area contributed by atoms with E-state index in [-0.39, 0.29) is 13.2 Å². The fraction of sp³-hybridized carbons (Fsp3) is 1.00. The maximum Gasteiger partial charge on any atom is 0.0555 e. The molecule has 17 heavy (non-hydrogen) atoms. The van der Waals surface area contributed by atoms with Crippen molar-refractivity contribution in [3.8, 4) is 0 Å². The number of nitrogens with one attached hydrogen (secondary N) is 1. The third kappa shape index (κ3) is 3.94. The van der Waals surface area contributed by atoms with E-state index in [0.29, 0.717) is 13.1 Å². The summed E-state index contributed by atoms with van der Waals surface area (Å²) < 4.78 is 0. The second-order valence-electron chi connectivity index (χ2n) is 6.08. The van der Waals surface area contributed by atoms with E-state index in [1.54, 1.807) is 38.5 Å². The third-order valence-electron chi connectivity index (χ3n) is 4.58. The van der Waals surface area contributed by atoms with E-state index in [1.165, 1.54) is 23.7 Å². The van der Waals surface area contributed by atoms with Gasteiger partial charge in [-0.15, -0.1) is 0 Å². The Morgan fingerprint density at radius 1 is 0.647 bits per heavy atom. The Morgan fingerprint density at radius 2 is 0.941 bits per heavy atom. The highest BCUT2D eigenvalue weighted by atomic mass is 16.3. The lowest BCUT2D eigenvalue weighted by Crippen LogP contribution is -2.38. The van der Waals surface area contributed by atoms with Gasteiger partial charge in [0.1, 0.15) is 0 Å². The minimum Gasteiger partial charge on any atom is -0.395 e. The van der Waals surface area contributed by atoms with Crippen LogP contribution in [0.1, 0.15) is 38.5 Å². The van der Waals surface area contributed by atoms with Gasteiger partial charge in [-0.05, 0) is 62.2 Å². The van der Waals surface area contributed by atoms with E-state index in [9.17, 15) is 0 Å². The van der Waals surface area contributed by atoms with Gasteiger partial charge in [-0.3, -0.25) is 0 Å². The smallest absolute Gasteiger partial charge is 0.0555 e. The zero-order valence-electron chi connectivity index (χ0n) is 10.8. The van der Waals surface area contributed by atoms with Crippen molar-refractivity contribution < 1.29 is 10.2 Å². The van der Waals surface area contributed by atoms with Crippen LogP contribution in [0.3, 0.4) is 0 Å². The average Bonchev–Trinajstić information content (AvgIpc) is 2.29. The van der Waals surface area contributed by atoms with Crippen LogP contribution in [0.25, 0.3) is 0 Å². The number of aliphatic hydroxyl groups is 2. The molecule has 4 bridgehead atoms. The van der Waals surface area contributed by atoms with Gasteiger partial charge in [0.15, 0.2) is 0 Å². The van der Waals surface area contributed by atoms with Crippen LogP contribution in [-0.2, 0) is 0 Å². The zero-order valence-corrected chi connectivity index (χ0v) is 10.8. The van der Waals surface area contributed by atoms with Crippen LogP contribution in [0.4, 0.5) is 0 Å². The predicted octanol–water partition coefficient (Wildman–Crippen LogP) is 1.39. The highest BCUT2D eigenvalue weighted by Gasteiger charge is 2.41. The summed E-state index contributed by atoms with van der Waals surface area (Å²) in [6.45, 7) is 1.42. The van der Waals surface area contributed by atoms with Crippen LogP contribution < -0.4 is 5.32 Å². The molecule has 100 valence electrons. The summed E-state index contributed by atoms with van der Waals surface area (Å²) in [6, 6.07) is 0. The summed E-state index contributed by atoms with van der Waals surface area (Å²) in [5, 5.41) is 19.1. The number of hydrogen-bond acceptors (Lipinski definition) is 3. The van der Waals surface area contributed by atoms with Crippen LogP contribution >= 0.6 is 0 Å². The van der Waals surface area contributed by atoms with Crippen molar-refractivity contribution in [1.29, 1.82) is 0 Å². The molecule has 3 heteroatoms. The molecular formula is C14H27NO2. The molecule has 4 saturated carbocycles. The van der Waals surface area contributed by atoms with Crippen LogP contribution in [0.15, 0.2) is 0 Å². The lowest BCUT2D eigenvalue weighted by Gasteiger charge is -2.49. The Bertz CT molecular complexity index is 160. The van der Waals surface area contributed by atoms with Crippen molar-refractivity contribution in [1.82, 2.24) is 5.32 Å². The van der Waals surface area contributed by atoms with Gasteiger partial charge < -0.3 is 15.5 Å². The van der Waals surface area contributed by atoms with E-state index in [4.69, 9.17) is 10.2 Å². The fourth-order valence-corrected chi connectivity index (χ4v) is 4.27. The molecule has 0 atom stereocenters. The van der Waals surface area contributed by atoms with Gasteiger partial charge in [0.25, 0.3) is 0 Å². The van der Waals surface area contributed by atoms with Gasteiger partial charge in [-0.25, -0.2) is 0 Å².